The lowest BCUT2D eigenvalue weighted by Crippen LogP contribution is -2.55. The van der Waals surface area contributed by atoms with Crippen LogP contribution in [0.25, 0.3) is 110 Å². The molecule has 16 rings (SSSR count). The topological polar surface area (TPSA) is 13.1 Å². The van der Waals surface area contributed by atoms with Crippen LogP contribution in [0.2, 0.25) is 0 Å². The van der Waals surface area contributed by atoms with Gasteiger partial charge in [-0.25, -0.2) is 0 Å². The van der Waals surface area contributed by atoms with E-state index in [1.54, 1.807) is 11.1 Å². The van der Waals surface area contributed by atoms with Crippen LogP contribution in [0, 0.1) is 23.7 Å². The maximum atomic E-state index is 7.12. The molecular weight excluding hydrogens is 761 g/mol. The van der Waals surface area contributed by atoms with Crippen LogP contribution in [0.3, 0.4) is 0 Å². The fourth-order valence-corrected chi connectivity index (χ4v) is 14.4. The van der Waals surface area contributed by atoms with Crippen molar-refractivity contribution < 1.29 is 4.42 Å². The Morgan fingerprint density at radius 1 is 0.349 bits per heavy atom. The number of furan rings is 1. The Bertz CT molecular complexity index is 3680. The molecule has 10 aromatic carbocycles. The summed E-state index contributed by atoms with van der Waals surface area (Å²) < 4.78 is 7.12. The van der Waals surface area contributed by atoms with Gasteiger partial charge in [-0.2, -0.15) is 0 Å². The van der Waals surface area contributed by atoms with Gasteiger partial charge in [0.1, 0.15) is 11.2 Å². The Labute approximate surface area is 366 Å². The van der Waals surface area contributed by atoms with Crippen molar-refractivity contribution >= 4 is 65.0 Å². The molecule has 1 aromatic heterocycles. The lowest BCUT2D eigenvalue weighted by molar-refractivity contribution is -0.0398. The quantitative estimate of drug-likeness (QED) is 0.162. The third-order valence-electron chi connectivity index (χ3n) is 16.6. The summed E-state index contributed by atoms with van der Waals surface area (Å²) >= 11 is 0. The molecule has 0 amide bonds. The number of hydrogen-bond donors (Lipinski definition) is 0. The van der Waals surface area contributed by atoms with Crippen LogP contribution < -0.4 is 0 Å². The van der Waals surface area contributed by atoms with E-state index in [9.17, 15) is 0 Å². The molecule has 4 saturated carbocycles. The van der Waals surface area contributed by atoms with Crippen LogP contribution in [0.15, 0.2) is 186 Å². The average molecular weight is 805 g/mol. The number of benzene rings is 10. The molecule has 5 aliphatic rings. The van der Waals surface area contributed by atoms with Gasteiger partial charge in [-0.3, -0.25) is 0 Å². The van der Waals surface area contributed by atoms with E-state index in [1.807, 2.05) is 0 Å². The van der Waals surface area contributed by atoms with E-state index in [4.69, 9.17) is 4.42 Å². The normalized spacial score (nSPS) is 22.0. The largest absolute Gasteiger partial charge is 0.455 e. The minimum Gasteiger partial charge on any atom is -0.455 e. The smallest absolute Gasteiger partial charge is 0.143 e. The van der Waals surface area contributed by atoms with Crippen molar-refractivity contribution in [2.75, 3.05) is 0 Å². The van der Waals surface area contributed by atoms with Crippen molar-refractivity contribution in [1.29, 1.82) is 0 Å². The predicted molar refractivity (Wildman–Crippen MR) is 263 cm³/mol. The van der Waals surface area contributed by atoms with Gasteiger partial charge >= 0.3 is 0 Å². The number of fused-ring (bicyclic) bond motifs is 10. The van der Waals surface area contributed by atoms with E-state index in [0.29, 0.717) is 0 Å². The molecule has 0 atom stereocenters. The summed E-state index contributed by atoms with van der Waals surface area (Å²) in [5.74, 6) is 3.33. The SMILES string of the molecule is c1ccc2cc3c(cc2c1)-c1cc(-c2ccc4c(c2)oc2c(-c5c6ccccc6c(-c6cccc7ccccc67)c6ccccc56)cccc24)ccc1C31C2CC3CC(C2)CC1C3. The molecule has 0 radical (unpaired) electrons. The van der Waals surface area contributed by atoms with Crippen molar-refractivity contribution in [3.8, 4) is 44.5 Å². The molecule has 0 aliphatic heterocycles. The zero-order chi connectivity index (χ0) is 41.0. The number of para-hydroxylation sites is 1. The van der Waals surface area contributed by atoms with Crippen LogP contribution in [-0.4, -0.2) is 0 Å². The highest BCUT2D eigenvalue weighted by molar-refractivity contribution is 6.25. The van der Waals surface area contributed by atoms with Gasteiger partial charge in [0.25, 0.3) is 0 Å². The van der Waals surface area contributed by atoms with Crippen LogP contribution in [0.5, 0.6) is 0 Å². The van der Waals surface area contributed by atoms with E-state index in [1.165, 1.54) is 114 Å². The van der Waals surface area contributed by atoms with Crippen molar-refractivity contribution in [2.45, 2.75) is 37.5 Å². The monoisotopic (exact) mass is 804 g/mol. The van der Waals surface area contributed by atoms with Gasteiger partial charge in [0.15, 0.2) is 0 Å². The molecule has 0 saturated heterocycles. The van der Waals surface area contributed by atoms with E-state index in [-0.39, 0.29) is 5.41 Å². The first-order chi connectivity index (χ1) is 31.2. The summed E-state index contributed by atoms with van der Waals surface area (Å²) in [6, 6.07) is 68.7. The number of rotatable bonds is 3. The Balaban J connectivity index is 0.908. The maximum Gasteiger partial charge on any atom is 0.143 e. The zero-order valence-corrected chi connectivity index (χ0v) is 35.1. The molecule has 1 spiro atoms. The second kappa shape index (κ2) is 12.6. The first-order valence-corrected chi connectivity index (χ1v) is 23.2. The van der Waals surface area contributed by atoms with E-state index < -0.39 is 0 Å². The van der Waals surface area contributed by atoms with Crippen LogP contribution in [0.4, 0.5) is 0 Å². The van der Waals surface area contributed by atoms with Crippen molar-refractivity contribution in [1.82, 2.24) is 0 Å². The van der Waals surface area contributed by atoms with Gasteiger partial charge in [0.2, 0.25) is 0 Å². The molecule has 5 aliphatic carbocycles. The fourth-order valence-electron chi connectivity index (χ4n) is 14.4. The minimum absolute atomic E-state index is 0.140. The van der Waals surface area contributed by atoms with Gasteiger partial charge in [-0.1, -0.05) is 152 Å². The Morgan fingerprint density at radius 3 is 1.59 bits per heavy atom. The van der Waals surface area contributed by atoms with E-state index in [0.717, 1.165) is 51.2 Å². The molecule has 0 N–H and O–H groups in total. The molecule has 298 valence electrons. The average Bonchev–Trinajstić information content (AvgIpc) is 3.84. The standard InChI is InChI=1S/C62H44O/c1-2-13-40-34-57-55(32-39(40)12-1)54-33-41(24-26-56(54)62(57)43-28-36-27-37(30-43)31-44(62)29-36)42-23-25-46-52-21-10-22-53(61(52)63-58(46)35-42)60-50-18-7-5-16-48(50)59(49-17-6-8-19-51(49)60)47-20-9-14-38-11-3-4-15-45(38)47/h1-26,32-37,43-44H,27-31H2. The van der Waals surface area contributed by atoms with Crippen molar-refractivity contribution in [2.24, 2.45) is 23.7 Å². The summed E-state index contributed by atoms with van der Waals surface area (Å²) in [4.78, 5) is 0. The van der Waals surface area contributed by atoms with Crippen LogP contribution in [0.1, 0.15) is 43.2 Å². The van der Waals surface area contributed by atoms with Gasteiger partial charge in [-0.15, -0.1) is 0 Å². The molecular formula is C62H44O. The summed E-state index contributed by atoms with van der Waals surface area (Å²) in [5.41, 5.74) is 15.5. The highest BCUT2D eigenvalue weighted by Gasteiger charge is 2.61. The summed E-state index contributed by atoms with van der Waals surface area (Å²) in [7, 11) is 0. The maximum absolute atomic E-state index is 7.12. The predicted octanol–water partition coefficient (Wildman–Crippen LogP) is 16.9. The third kappa shape index (κ3) is 4.62. The molecule has 1 heteroatoms. The minimum atomic E-state index is 0.140. The van der Waals surface area contributed by atoms with Gasteiger partial charge in [0.05, 0.1) is 0 Å². The van der Waals surface area contributed by atoms with Gasteiger partial charge in [-0.05, 0) is 174 Å². The first kappa shape index (κ1) is 34.6. The van der Waals surface area contributed by atoms with Crippen molar-refractivity contribution in [3.05, 3.63) is 193 Å². The second-order valence-corrected chi connectivity index (χ2v) is 19.5. The zero-order valence-electron chi connectivity index (χ0n) is 35.1. The van der Waals surface area contributed by atoms with Crippen LogP contribution >= 0.6 is 0 Å². The van der Waals surface area contributed by atoms with Gasteiger partial charge in [0, 0.05) is 27.3 Å². The molecule has 4 bridgehead atoms. The summed E-state index contributed by atoms with van der Waals surface area (Å²) in [6.07, 6.45) is 7.04. The molecule has 11 aromatic rings. The third-order valence-corrected chi connectivity index (χ3v) is 16.6. The molecule has 0 unspecified atom stereocenters. The first-order valence-electron chi connectivity index (χ1n) is 23.2. The second-order valence-electron chi connectivity index (χ2n) is 19.5. The lowest BCUT2D eigenvalue weighted by atomic mass is 9.43. The molecule has 63 heavy (non-hydrogen) atoms. The number of hydrogen-bond acceptors (Lipinski definition) is 1. The Kier molecular flexibility index (Phi) is 6.91. The summed E-state index contributed by atoms with van der Waals surface area (Å²) in [6.45, 7) is 0. The summed E-state index contributed by atoms with van der Waals surface area (Å²) in [5, 5.41) is 12.5. The van der Waals surface area contributed by atoms with Crippen LogP contribution in [-0.2, 0) is 5.41 Å². The van der Waals surface area contributed by atoms with E-state index >= 15 is 0 Å². The molecule has 4 fully saturated rings. The molecule has 1 heterocycles. The van der Waals surface area contributed by atoms with Gasteiger partial charge < -0.3 is 4.42 Å². The highest BCUT2D eigenvalue weighted by Crippen LogP contribution is 2.69. The lowest BCUT2D eigenvalue weighted by Gasteiger charge is -2.61. The fraction of sp³-hybridized carbons (Fsp3) is 0.161. The van der Waals surface area contributed by atoms with Crippen molar-refractivity contribution in [3.63, 3.8) is 0 Å². The Hall–Kier alpha value is -6.96. The molecule has 1 nitrogen and oxygen atoms in total. The highest BCUT2D eigenvalue weighted by atomic mass is 16.3. The van der Waals surface area contributed by atoms with E-state index in [2.05, 4.69) is 182 Å². The Morgan fingerprint density at radius 2 is 0.873 bits per heavy atom.